The molecule has 0 aliphatic carbocycles. The summed E-state index contributed by atoms with van der Waals surface area (Å²) in [4.78, 5) is 49.4. The molecule has 0 bridgehead atoms. The van der Waals surface area contributed by atoms with Gasteiger partial charge in [-0.25, -0.2) is 9.59 Å². The summed E-state index contributed by atoms with van der Waals surface area (Å²) in [7, 11) is 1.75. The molecule has 0 fully saturated rings. The highest BCUT2D eigenvalue weighted by Gasteiger charge is 2.14. The minimum Gasteiger partial charge on any atom is -0.463 e. The van der Waals surface area contributed by atoms with Crippen molar-refractivity contribution in [3.05, 3.63) is 148 Å². The highest BCUT2D eigenvalue weighted by atomic mass is 16.5. The number of esters is 2. The SMILES string of the molecule is CC.CCOC(=O)/C=C/c1cccc(C(=O)Cc2cccc(C)c2)c1.CCOC(=O)/C=C/c1cccc(C(=O)N(C)c2cccc(C)c2)c1. The van der Waals surface area contributed by atoms with Gasteiger partial charge in [-0.3, -0.25) is 9.59 Å². The highest BCUT2D eigenvalue weighted by Crippen LogP contribution is 2.18. The number of ketones is 1. The van der Waals surface area contributed by atoms with Crippen LogP contribution in [0.5, 0.6) is 0 Å². The molecule has 0 saturated heterocycles. The lowest BCUT2D eigenvalue weighted by atomic mass is 10.00. The Hall–Kier alpha value is -5.56. The molecular formula is C42H47NO6. The first-order valence-electron chi connectivity index (χ1n) is 16.4. The summed E-state index contributed by atoms with van der Waals surface area (Å²) in [6.07, 6.45) is 6.39. The second kappa shape index (κ2) is 21.3. The molecule has 0 aliphatic heterocycles. The van der Waals surface area contributed by atoms with Crippen LogP contribution in [0.25, 0.3) is 12.2 Å². The predicted molar refractivity (Wildman–Crippen MR) is 199 cm³/mol. The zero-order chi connectivity index (χ0) is 36.2. The Morgan fingerprint density at radius 2 is 1.12 bits per heavy atom. The smallest absolute Gasteiger partial charge is 0.330 e. The molecule has 7 heteroatoms. The zero-order valence-corrected chi connectivity index (χ0v) is 29.6. The van der Waals surface area contributed by atoms with E-state index < -0.39 is 5.97 Å². The quantitative estimate of drug-likeness (QED) is 0.0906. The molecule has 0 radical (unpaired) electrons. The number of amides is 1. The van der Waals surface area contributed by atoms with Crippen LogP contribution in [0.1, 0.15) is 76.2 Å². The van der Waals surface area contributed by atoms with Crippen LogP contribution < -0.4 is 4.90 Å². The minimum atomic E-state index is -0.397. The fourth-order valence-corrected chi connectivity index (χ4v) is 4.56. The summed E-state index contributed by atoms with van der Waals surface area (Å²) < 4.78 is 9.69. The Morgan fingerprint density at radius 1 is 0.633 bits per heavy atom. The van der Waals surface area contributed by atoms with Crippen molar-refractivity contribution < 1.29 is 28.7 Å². The molecule has 0 unspecified atom stereocenters. The summed E-state index contributed by atoms with van der Waals surface area (Å²) >= 11 is 0. The Labute approximate surface area is 290 Å². The van der Waals surface area contributed by atoms with Gasteiger partial charge >= 0.3 is 11.9 Å². The van der Waals surface area contributed by atoms with E-state index >= 15 is 0 Å². The molecule has 1 amide bonds. The van der Waals surface area contributed by atoms with E-state index in [0.29, 0.717) is 30.8 Å². The van der Waals surface area contributed by atoms with E-state index in [1.54, 1.807) is 68.3 Å². The number of benzene rings is 4. The molecule has 4 aromatic carbocycles. The lowest BCUT2D eigenvalue weighted by molar-refractivity contribution is -0.138. The Bertz CT molecular complexity index is 1750. The third-order valence-corrected chi connectivity index (χ3v) is 6.88. The number of aryl methyl sites for hydroxylation is 2. The normalized spacial score (nSPS) is 10.3. The maximum absolute atomic E-state index is 12.7. The van der Waals surface area contributed by atoms with Crippen molar-refractivity contribution in [2.24, 2.45) is 0 Å². The summed E-state index contributed by atoms with van der Waals surface area (Å²) in [5.41, 5.74) is 6.84. The lowest BCUT2D eigenvalue weighted by Crippen LogP contribution is -2.26. The molecule has 256 valence electrons. The van der Waals surface area contributed by atoms with Crippen LogP contribution in [0, 0.1) is 13.8 Å². The molecule has 0 spiro atoms. The van der Waals surface area contributed by atoms with Gasteiger partial charge in [-0.15, -0.1) is 0 Å². The van der Waals surface area contributed by atoms with Gasteiger partial charge in [0.25, 0.3) is 5.91 Å². The van der Waals surface area contributed by atoms with Gasteiger partial charge in [0.1, 0.15) is 0 Å². The molecule has 0 aromatic heterocycles. The van der Waals surface area contributed by atoms with Gasteiger partial charge in [-0.2, -0.15) is 0 Å². The van der Waals surface area contributed by atoms with E-state index in [2.05, 4.69) is 0 Å². The molecule has 0 heterocycles. The number of nitrogens with zero attached hydrogens (tertiary/aromatic N) is 1. The number of rotatable bonds is 11. The van der Waals surface area contributed by atoms with Crippen LogP contribution in [0.4, 0.5) is 5.69 Å². The van der Waals surface area contributed by atoms with Gasteiger partial charge in [0.2, 0.25) is 0 Å². The van der Waals surface area contributed by atoms with Crippen molar-refractivity contribution in [2.75, 3.05) is 25.2 Å². The first-order valence-corrected chi connectivity index (χ1v) is 16.4. The first kappa shape index (κ1) is 39.6. The third kappa shape index (κ3) is 14.0. The lowest BCUT2D eigenvalue weighted by Gasteiger charge is -2.18. The van der Waals surface area contributed by atoms with Crippen molar-refractivity contribution in [3.8, 4) is 0 Å². The Kier molecular flexibility index (Phi) is 17.3. The second-order valence-corrected chi connectivity index (χ2v) is 10.7. The van der Waals surface area contributed by atoms with Crippen LogP contribution in [-0.4, -0.2) is 43.9 Å². The Balaban J connectivity index is 0.000000324. The topological polar surface area (TPSA) is 90.0 Å². The molecule has 0 N–H and O–H groups in total. The molecule has 49 heavy (non-hydrogen) atoms. The van der Waals surface area contributed by atoms with Gasteiger partial charge < -0.3 is 14.4 Å². The van der Waals surface area contributed by atoms with E-state index in [9.17, 15) is 19.2 Å². The summed E-state index contributed by atoms with van der Waals surface area (Å²) in [6, 6.07) is 30.1. The van der Waals surface area contributed by atoms with Gasteiger partial charge in [-0.05, 0) is 92.4 Å². The maximum Gasteiger partial charge on any atom is 0.330 e. The van der Waals surface area contributed by atoms with Gasteiger partial charge in [0.05, 0.1) is 13.2 Å². The molecule has 7 nitrogen and oxygen atoms in total. The van der Waals surface area contributed by atoms with Gasteiger partial charge in [0, 0.05) is 42.4 Å². The molecule has 4 rings (SSSR count). The summed E-state index contributed by atoms with van der Waals surface area (Å²) in [6.45, 7) is 12.2. The van der Waals surface area contributed by atoms with Crippen LogP contribution >= 0.6 is 0 Å². The first-order chi connectivity index (χ1) is 23.6. The Morgan fingerprint density at radius 3 is 1.65 bits per heavy atom. The number of hydrogen-bond donors (Lipinski definition) is 0. The van der Waals surface area contributed by atoms with Crippen LogP contribution in [-0.2, 0) is 25.5 Å². The zero-order valence-electron chi connectivity index (χ0n) is 29.6. The van der Waals surface area contributed by atoms with Crippen LogP contribution in [0.15, 0.2) is 109 Å². The predicted octanol–water partition coefficient (Wildman–Crippen LogP) is 8.87. The van der Waals surface area contributed by atoms with E-state index in [-0.39, 0.29) is 17.7 Å². The van der Waals surface area contributed by atoms with E-state index in [0.717, 1.165) is 33.5 Å². The molecule has 0 aliphatic rings. The fourth-order valence-electron chi connectivity index (χ4n) is 4.56. The number of anilines is 1. The maximum atomic E-state index is 12.7. The molecule has 0 saturated carbocycles. The number of Topliss-reactive ketones (excluding diaryl/α,β-unsaturated/α-hetero) is 1. The van der Waals surface area contributed by atoms with Crippen LogP contribution in [0.3, 0.4) is 0 Å². The monoisotopic (exact) mass is 661 g/mol. The highest BCUT2D eigenvalue weighted by molar-refractivity contribution is 6.06. The minimum absolute atomic E-state index is 0.0574. The summed E-state index contributed by atoms with van der Waals surface area (Å²) in [5, 5.41) is 0. The van der Waals surface area contributed by atoms with Crippen molar-refractivity contribution in [1.82, 2.24) is 0 Å². The molecule has 4 aromatic rings. The summed E-state index contributed by atoms with van der Waals surface area (Å²) in [5.74, 6) is -0.830. The number of carbonyl (C=O) groups is 4. The number of hydrogen-bond acceptors (Lipinski definition) is 6. The standard InChI is InChI=1S/C20H21NO3.C20H20O3.C2H6/c1-4-24-19(22)12-11-16-8-6-9-17(14-16)20(23)21(3)18-10-5-7-15(2)13-18;1-3-23-20(22)11-10-16-7-5-9-18(13-16)19(21)14-17-8-4-6-15(2)12-17;1-2/h5-14H,4H2,1-3H3;4-13H,3,14H2,1-2H3;1-2H3/b12-11+;11-10+;. The van der Waals surface area contributed by atoms with Crippen molar-refractivity contribution in [3.63, 3.8) is 0 Å². The fraction of sp³-hybridized carbons (Fsp3) is 0.238. The van der Waals surface area contributed by atoms with E-state index in [1.165, 1.54) is 12.2 Å². The van der Waals surface area contributed by atoms with Crippen molar-refractivity contribution >= 4 is 41.5 Å². The van der Waals surface area contributed by atoms with E-state index in [1.807, 2.05) is 94.4 Å². The van der Waals surface area contributed by atoms with Crippen LogP contribution in [0.2, 0.25) is 0 Å². The van der Waals surface area contributed by atoms with Crippen molar-refractivity contribution in [2.45, 2.75) is 48.0 Å². The number of ether oxygens (including phenoxy) is 2. The second-order valence-electron chi connectivity index (χ2n) is 10.7. The average Bonchev–Trinajstić information content (AvgIpc) is 3.11. The number of carbonyl (C=O) groups excluding carboxylic acids is 4. The molecule has 0 atom stereocenters. The van der Waals surface area contributed by atoms with Crippen molar-refractivity contribution in [1.29, 1.82) is 0 Å². The third-order valence-electron chi connectivity index (χ3n) is 6.88. The van der Waals surface area contributed by atoms with E-state index in [4.69, 9.17) is 9.47 Å². The molecular weight excluding hydrogens is 614 g/mol. The largest absolute Gasteiger partial charge is 0.463 e. The van der Waals surface area contributed by atoms with Gasteiger partial charge in [-0.1, -0.05) is 86.1 Å². The average molecular weight is 662 g/mol. The van der Waals surface area contributed by atoms with Gasteiger partial charge in [0.15, 0.2) is 5.78 Å².